The van der Waals surface area contributed by atoms with Crippen LogP contribution in [0, 0.1) is 6.92 Å². The SMILES string of the molecule is Cc1ccc(-c2nc(CC(=O)N3CCCC(O)C3)cs2)cc1. The summed E-state index contributed by atoms with van der Waals surface area (Å²) < 4.78 is 0. The predicted molar refractivity (Wildman–Crippen MR) is 87.8 cm³/mol. The Bertz CT molecular complexity index is 651. The molecule has 2 heterocycles. The number of β-amino-alcohol motifs (C(OH)–C–C–N with tert-alkyl or cyclic N) is 1. The third kappa shape index (κ3) is 3.54. The molecule has 1 saturated heterocycles. The molecule has 5 heteroatoms. The van der Waals surface area contributed by atoms with Crippen LogP contribution in [-0.2, 0) is 11.2 Å². The van der Waals surface area contributed by atoms with E-state index < -0.39 is 0 Å². The highest BCUT2D eigenvalue weighted by Gasteiger charge is 2.22. The summed E-state index contributed by atoms with van der Waals surface area (Å²) >= 11 is 1.57. The number of benzene rings is 1. The topological polar surface area (TPSA) is 53.4 Å². The summed E-state index contributed by atoms with van der Waals surface area (Å²) in [6.07, 6.45) is 1.60. The van der Waals surface area contributed by atoms with Gasteiger partial charge in [-0.25, -0.2) is 4.98 Å². The molecule has 1 amide bonds. The largest absolute Gasteiger partial charge is 0.391 e. The van der Waals surface area contributed by atoms with Gasteiger partial charge >= 0.3 is 0 Å². The summed E-state index contributed by atoms with van der Waals surface area (Å²) in [6.45, 7) is 3.25. The molecule has 0 spiro atoms. The lowest BCUT2D eigenvalue weighted by molar-refractivity contribution is -0.133. The van der Waals surface area contributed by atoms with Crippen LogP contribution in [0.2, 0.25) is 0 Å². The third-order valence-electron chi connectivity index (χ3n) is 3.93. The fraction of sp³-hybridized carbons (Fsp3) is 0.412. The van der Waals surface area contributed by atoms with Crippen LogP contribution in [0.3, 0.4) is 0 Å². The number of aromatic nitrogens is 1. The number of piperidine rings is 1. The number of hydrogen-bond donors (Lipinski definition) is 1. The van der Waals surface area contributed by atoms with Crippen LogP contribution in [0.1, 0.15) is 24.1 Å². The average molecular weight is 316 g/mol. The van der Waals surface area contributed by atoms with Crippen molar-refractivity contribution in [1.29, 1.82) is 0 Å². The van der Waals surface area contributed by atoms with Crippen LogP contribution in [-0.4, -0.2) is 40.1 Å². The monoisotopic (exact) mass is 316 g/mol. The smallest absolute Gasteiger partial charge is 0.228 e. The molecule has 1 unspecified atom stereocenters. The fourth-order valence-electron chi connectivity index (χ4n) is 2.66. The number of carbonyl (C=O) groups excluding carboxylic acids is 1. The number of aliphatic hydroxyl groups is 1. The van der Waals surface area contributed by atoms with E-state index in [0.717, 1.165) is 35.7 Å². The Morgan fingerprint density at radius 3 is 2.91 bits per heavy atom. The predicted octanol–water partition coefficient (Wildman–Crippen LogP) is 2.64. The molecule has 0 bridgehead atoms. The zero-order valence-electron chi connectivity index (χ0n) is 12.7. The van der Waals surface area contributed by atoms with E-state index in [4.69, 9.17) is 0 Å². The van der Waals surface area contributed by atoms with E-state index in [-0.39, 0.29) is 12.0 Å². The summed E-state index contributed by atoms with van der Waals surface area (Å²) in [5.41, 5.74) is 3.12. The molecule has 1 atom stereocenters. The summed E-state index contributed by atoms with van der Waals surface area (Å²) in [6, 6.07) is 8.24. The molecule has 1 aromatic carbocycles. The standard InChI is InChI=1S/C17H20N2O2S/c1-12-4-6-13(7-5-12)17-18-14(11-22-17)9-16(21)19-8-2-3-15(20)10-19/h4-7,11,15,20H,2-3,8-10H2,1H3. The number of rotatable bonds is 3. The Morgan fingerprint density at radius 1 is 1.41 bits per heavy atom. The Labute approximate surface area is 134 Å². The number of amides is 1. The van der Waals surface area contributed by atoms with Gasteiger partial charge in [-0.3, -0.25) is 4.79 Å². The van der Waals surface area contributed by atoms with Crippen molar-refractivity contribution in [2.45, 2.75) is 32.3 Å². The molecule has 1 fully saturated rings. The Hall–Kier alpha value is -1.72. The van der Waals surface area contributed by atoms with Crippen molar-refractivity contribution in [1.82, 2.24) is 9.88 Å². The second-order valence-electron chi connectivity index (χ2n) is 5.82. The van der Waals surface area contributed by atoms with E-state index >= 15 is 0 Å². The minimum absolute atomic E-state index is 0.0551. The van der Waals surface area contributed by atoms with Gasteiger partial charge in [0.25, 0.3) is 0 Å². The Kier molecular flexibility index (Phi) is 4.55. The van der Waals surface area contributed by atoms with Gasteiger partial charge in [0, 0.05) is 24.0 Å². The molecular weight excluding hydrogens is 296 g/mol. The second-order valence-corrected chi connectivity index (χ2v) is 6.68. The highest BCUT2D eigenvalue weighted by Crippen LogP contribution is 2.24. The molecule has 1 aliphatic heterocycles. The Balaban J connectivity index is 1.66. The molecule has 0 radical (unpaired) electrons. The molecule has 3 rings (SSSR count). The van der Waals surface area contributed by atoms with Gasteiger partial charge in [-0.15, -0.1) is 11.3 Å². The molecule has 116 valence electrons. The van der Waals surface area contributed by atoms with E-state index in [2.05, 4.69) is 36.2 Å². The first-order chi connectivity index (χ1) is 10.6. The minimum Gasteiger partial charge on any atom is -0.391 e. The van der Waals surface area contributed by atoms with Crippen LogP contribution in [0.5, 0.6) is 0 Å². The van der Waals surface area contributed by atoms with E-state index in [9.17, 15) is 9.90 Å². The van der Waals surface area contributed by atoms with E-state index in [1.165, 1.54) is 5.56 Å². The number of thiazole rings is 1. The number of likely N-dealkylation sites (tertiary alicyclic amines) is 1. The zero-order valence-corrected chi connectivity index (χ0v) is 13.5. The summed E-state index contributed by atoms with van der Waals surface area (Å²) in [7, 11) is 0. The van der Waals surface area contributed by atoms with E-state index in [1.807, 2.05) is 5.38 Å². The van der Waals surface area contributed by atoms with Crippen LogP contribution < -0.4 is 0 Å². The molecule has 22 heavy (non-hydrogen) atoms. The fourth-order valence-corrected chi connectivity index (χ4v) is 3.49. The maximum absolute atomic E-state index is 12.3. The second kappa shape index (κ2) is 6.58. The van der Waals surface area contributed by atoms with Gasteiger partial charge in [0.15, 0.2) is 0 Å². The van der Waals surface area contributed by atoms with Crippen LogP contribution in [0.25, 0.3) is 10.6 Å². The van der Waals surface area contributed by atoms with Crippen molar-refractivity contribution < 1.29 is 9.90 Å². The van der Waals surface area contributed by atoms with E-state index in [0.29, 0.717) is 13.0 Å². The number of carbonyl (C=O) groups is 1. The van der Waals surface area contributed by atoms with Gasteiger partial charge in [0.05, 0.1) is 18.2 Å². The lowest BCUT2D eigenvalue weighted by Crippen LogP contribution is -2.42. The van der Waals surface area contributed by atoms with Gasteiger partial charge in [0.2, 0.25) is 5.91 Å². The number of nitrogens with zero attached hydrogens (tertiary/aromatic N) is 2. The normalized spacial score (nSPS) is 18.5. The highest BCUT2D eigenvalue weighted by atomic mass is 32.1. The maximum atomic E-state index is 12.3. The molecule has 1 N–H and O–H groups in total. The van der Waals surface area contributed by atoms with Crippen LogP contribution in [0.15, 0.2) is 29.6 Å². The first kappa shape index (κ1) is 15.2. The lowest BCUT2D eigenvalue weighted by Gasteiger charge is -2.29. The van der Waals surface area contributed by atoms with Crippen molar-refractivity contribution >= 4 is 17.2 Å². The molecule has 2 aromatic rings. The molecule has 4 nitrogen and oxygen atoms in total. The van der Waals surface area contributed by atoms with Crippen LogP contribution >= 0.6 is 11.3 Å². The lowest BCUT2D eigenvalue weighted by atomic mass is 10.1. The maximum Gasteiger partial charge on any atom is 0.228 e. The first-order valence-electron chi connectivity index (χ1n) is 7.59. The van der Waals surface area contributed by atoms with Gasteiger partial charge in [-0.2, -0.15) is 0 Å². The Morgan fingerprint density at radius 2 is 2.18 bits per heavy atom. The highest BCUT2D eigenvalue weighted by molar-refractivity contribution is 7.13. The zero-order chi connectivity index (χ0) is 15.5. The van der Waals surface area contributed by atoms with Crippen molar-refractivity contribution in [3.05, 3.63) is 40.9 Å². The molecule has 0 saturated carbocycles. The molecule has 0 aliphatic carbocycles. The molecule has 1 aliphatic rings. The van der Waals surface area contributed by atoms with Gasteiger partial charge in [-0.05, 0) is 19.8 Å². The molecular formula is C17H20N2O2S. The van der Waals surface area contributed by atoms with Crippen molar-refractivity contribution in [2.75, 3.05) is 13.1 Å². The van der Waals surface area contributed by atoms with E-state index in [1.54, 1.807) is 16.2 Å². The number of aryl methyl sites for hydroxylation is 1. The third-order valence-corrected chi connectivity index (χ3v) is 4.87. The van der Waals surface area contributed by atoms with Crippen LogP contribution in [0.4, 0.5) is 0 Å². The number of aliphatic hydroxyl groups excluding tert-OH is 1. The molecule has 1 aromatic heterocycles. The minimum atomic E-state index is -0.378. The summed E-state index contributed by atoms with van der Waals surface area (Å²) in [4.78, 5) is 18.6. The van der Waals surface area contributed by atoms with Crippen molar-refractivity contribution in [3.63, 3.8) is 0 Å². The average Bonchev–Trinajstić information content (AvgIpc) is 2.96. The van der Waals surface area contributed by atoms with Gasteiger partial charge < -0.3 is 10.0 Å². The van der Waals surface area contributed by atoms with Crippen molar-refractivity contribution in [3.8, 4) is 10.6 Å². The quantitative estimate of drug-likeness (QED) is 0.947. The summed E-state index contributed by atoms with van der Waals surface area (Å²) in [5, 5.41) is 12.6. The van der Waals surface area contributed by atoms with Gasteiger partial charge in [-0.1, -0.05) is 29.8 Å². The van der Waals surface area contributed by atoms with Gasteiger partial charge in [0.1, 0.15) is 5.01 Å². The van der Waals surface area contributed by atoms with Crippen molar-refractivity contribution in [2.24, 2.45) is 0 Å². The first-order valence-corrected chi connectivity index (χ1v) is 8.47. The summed E-state index contributed by atoms with van der Waals surface area (Å²) in [5.74, 6) is 0.0551. The number of hydrogen-bond acceptors (Lipinski definition) is 4.